The van der Waals surface area contributed by atoms with Crippen LogP contribution in [0.2, 0.25) is 5.02 Å². The number of thioether (sulfide) groups is 1. The number of carbonyl (C=O) groups excluding carboxylic acids is 1. The molecule has 2 aromatic rings. The molecule has 1 aliphatic rings. The quantitative estimate of drug-likeness (QED) is 0.475. The highest BCUT2D eigenvalue weighted by molar-refractivity contribution is 7.98. The van der Waals surface area contributed by atoms with Crippen LogP contribution in [-0.4, -0.2) is 52.6 Å². The summed E-state index contributed by atoms with van der Waals surface area (Å²) in [5.74, 6) is 2.68. The first kappa shape index (κ1) is 24.5. The molecule has 10 heteroatoms. The average molecular weight is 499 g/mol. The van der Waals surface area contributed by atoms with Crippen LogP contribution < -0.4 is 19.1 Å². The predicted molar refractivity (Wildman–Crippen MR) is 129 cm³/mol. The molecule has 1 aliphatic heterocycles. The number of hydrogen-bond acceptors (Lipinski definition) is 6. The molecular formula is C22H27ClN2O5S2. The number of halogens is 1. The Balaban J connectivity index is 1.40. The summed E-state index contributed by atoms with van der Waals surface area (Å²) in [6.45, 7) is 1.66. The van der Waals surface area contributed by atoms with Gasteiger partial charge in [-0.25, -0.2) is 8.42 Å². The fourth-order valence-electron chi connectivity index (χ4n) is 3.18. The van der Waals surface area contributed by atoms with Crippen molar-refractivity contribution in [3.8, 4) is 11.5 Å². The summed E-state index contributed by atoms with van der Waals surface area (Å²) in [4.78, 5) is 12.1. The van der Waals surface area contributed by atoms with Crippen molar-refractivity contribution in [1.82, 2.24) is 5.32 Å². The van der Waals surface area contributed by atoms with Crippen LogP contribution in [0.4, 0.5) is 5.69 Å². The van der Waals surface area contributed by atoms with Gasteiger partial charge < -0.3 is 14.8 Å². The molecule has 0 saturated carbocycles. The molecule has 1 amide bonds. The van der Waals surface area contributed by atoms with Crippen LogP contribution in [0.15, 0.2) is 42.5 Å². The van der Waals surface area contributed by atoms with Gasteiger partial charge in [0.15, 0.2) is 11.5 Å². The third-order valence-electron chi connectivity index (χ3n) is 4.73. The molecule has 0 aliphatic carbocycles. The second kappa shape index (κ2) is 11.7. The number of anilines is 1. The van der Waals surface area contributed by atoms with Crippen LogP contribution in [-0.2, 0) is 20.6 Å². The minimum absolute atomic E-state index is 0.0901. The van der Waals surface area contributed by atoms with Crippen molar-refractivity contribution in [2.45, 2.75) is 18.6 Å². The third-order valence-corrected chi connectivity index (χ3v) is 7.21. The van der Waals surface area contributed by atoms with Gasteiger partial charge in [0, 0.05) is 42.1 Å². The minimum Gasteiger partial charge on any atom is -0.486 e. The van der Waals surface area contributed by atoms with Gasteiger partial charge in [-0.15, -0.1) is 0 Å². The normalized spacial score (nSPS) is 12.9. The first-order chi connectivity index (χ1) is 15.3. The summed E-state index contributed by atoms with van der Waals surface area (Å²) in [6, 6.07) is 12.8. The van der Waals surface area contributed by atoms with Crippen molar-refractivity contribution < 1.29 is 22.7 Å². The van der Waals surface area contributed by atoms with Crippen LogP contribution >= 0.6 is 23.4 Å². The van der Waals surface area contributed by atoms with Crippen molar-refractivity contribution in [3.63, 3.8) is 0 Å². The van der Waals surface area contributed by atoms with Gasteiger partial charge in [0.05, 0.1) is 11.9 Å². The Bertz CT molecular complexity index is 1020. The van der Waals surface area contributed by atoms with Gasteiger partial charge in [0.2, 0.25) is 15.9 Å². The summed E-state index contributed by atoms with van der Waals surface area (Å²) in [6.07, 6.45) is 1.81. The van der Waals surface area contributed by atoms with E-state index in [1.165, 1.54) is 9.87 Å². The summed E-state index contributed by atoms with van der Waals surface area (Å²) in [5, 5.41) is 3.60. The van der Waals surface area contributed by atoms with E-state index in [1.54, 1.807) is 30.0 Å². The molecule has 3 rings (SSSR count). The topological polar surface area (TPSA) is 84.9 Å². The standard InChI is InChI=1S/C22H27ClN2O5S2/c1-32(27,28)25(19-8-9-20-21(15-19)30-13-12-29-20)11-2-3-22(26)24-10-14-31-16-17-4-6-18(23)7-5-17/h4-9,15H,2-3,10-14,16H2,1H3,(H,24,26). The van der Waals surface area contributed by atoms with Crippen LogP contribution in [0.5, 0.6) is 11.5 Å². The molecule has 0 aromatic heterocycles. The second-order valence-corrected chi connectivity index (χ2v) is 10.7. The van der Waals surface area contributed by atoms with E-state index in [0.29, 0.717) is 43.4 Å². The van der Waals surface area contributed by atoms with E-state index in [2.05, 4.69) is 5.32 Å². The Hall–Kier alpha value is -2.10. The van der Waals surface area contributed by atoms with Gasteiger partial charge in [-0.1, -0.05) is 23.7 Å². The number of nitrogens with zero attached hydrogens (tertiary/aromatic N) is 1. The first-order valence-corrected chi connectivity index (χ1v) is 13.7. The summed E-state index contributed by atoms with van der Waals surface area (Å²) < 4.78 is 36.9. The number of fused-ring (bicyclic) bond motifs is 1. The van der Waals surface area contributed by atoms with Crippen LogP contribution in [0.25, 0.3) is 0 Å². The molecule has 0 saturated heterocycles. The van der Waals surface area contributed by atoms with E-state index in [9.17, 15) is 13.2 Å². The predicted octanol–water partition coefficient (Wildman–Crippen LogP) is 3.71. The van der Waals surface area contributed by atoms with E-state index in [0.717, 1.165) is 22.8 Å². The number of ether oxygens (including phenoxy) is 2. The lowest BCUT2D eigenvalue weighted by atomic mass is 10.2. The number of amides is 1. The molecule has 32 heavy (non-hydrogen) atoms. The van der Waals surface area contributed by atoms with E-state index >= 15 is 0 Å². The van der Waals surface area contributed by atoms with Crippen molar-refractivity contribution in [2.75, 3.05) is 42.6 Å². The molecule has 0 spiro atoms. The third kappa shape index (κ3) is 7.50. The summed E-state index contributed by atoms with van der Waals surface area (Å²) >= 11 is 7.61. The van der Waals surface area contributed by atoms with E-state index < -0.39 is 10.0 Å². The lowest BCUT2D eigenvalue weighted by molar-refractivity contribution is -0.121. The maximum Gasteiger partial charge on any atom is 0.232 e. The molecule has 0 atom stereocenters. The lowest BCUT2D eigenvalue weighted by Crippen LogP contribution is -2.32. The Morgan fingerprint density at radius 1 is 1.12 bits per heavy atom. The fourth-order valence-corrected chi connectivity index (χ4v) is 5.08. The zero-order valence-corrected chi connectivity index (χ0v) is 20.3. The zero-order chi connectivity index (χ0) is 23.0. The Morgan fingerprint density at radius 3 is 2.56 bits per heavy atom. The Labute approximate surface area is 198 Å². The highest BCUT2D eigenvalue weighted by Crippen LogP contribution is 2.34. The highest BCUT2D eigenvalue weighted by atomic mass is 35.5. The molecule has 0 unspecified atom stereocenters. The monoisotopic (exact) mass is 498 g/mol. The van der Waals surface area contributed by atoms with Crippen LogP contribution in [0.3, 0.4) is 0 Å². The average Bonchev–Trinajstić information content (AvgIpc) is 2.76. The number of carbonyl (C=O) groups is 1. The largest absolute Gasteiger partial charge is 0.486 e. The van der Waals surface area contributed by atoms with Gasteiger partial charge >= 0.3 is 0 Å². The zero-order valence-electron chi connectivity index (χ0n) is 17.9. The number of nitrogens with one attached hydrogen (secondary N) is 1. The number of rotatable bonds is 11. The molecule has 0 bridgehead atoms. The fraction of sp³-hybridized carbons (Fsp3) is 0.409. The van der Waals surface area contributed by atoms with E-state index in [1.807, 2.05) is 24.3 Å². The van der Waals surface area contributed by atoms with Gasteiger partial charge in [-0.05, 0) is 36.2 Å². The number of benzene rings is 2. The Kier molecular flexibility index (Phi) is 8.95. The maximum absolute atomic E-state index is 12.3. The lowest BCUT2D eigenvalue weighted by Gasteiger charge is -2.25. The van der Waals surface area contributed by atoms with Gasteiger partial charge in [0.1, 0.15) is 13.2 Å². The van der Waals surface area contributed by atoms with Gasteiger partial charge in [-0.2, -0.15) is 11.8 Å². The van der Waals surface area contributed by atoms with Crippen LogP contribution in [0.1, 0.15) is 18.4 Å². The molecular weight excluding hydrogens is 472 g/mol. The second-order valence-electron chi connectivity index (χ2n) is 7.30. The van der Waals surface area contributed by atoms with E-state index in [4.69, 9.17) is 21.1 Å². The van der Waals surface area contributed by atoms with Crippen molar-refractivity contribution in [3.05, 3.63) is 53.1 Å². The summed E-state index contributed by atoms with van der Waals surface area (Å²) in [5.41, 5.74) is 1.68. The molecule has 0 radical (unpaired) electrons. The number of hydrogen-bond donors (Lipinski definition) is 1. The molecule has 7 nitrogen and oxygen atoms in total. The number of sulfonamides is 1. The molecule has 0 fully saturated rings. The molecule has 1 N–H and O–H groups in total. The van der Waals surface area contributed by atoms with Crippen molar-refractivity contribution in [2.24, 2.45) is 0 Å². The van der Waals surface area contributed by atoms with Gasteiger partial charge in [0.25, 0.3) is 0 Å². The maximum atomic E-state index is 12.3. The molecule has 1 heterocycles. The molecule has 174 valence electrons. The highest BCUT2D eigenvalue weighted by Gasteiger charge is 2.21. The Morgan fingerprint density at radius 2 is 1.84 bits per heavy atom. The summed E-state index contributed by atoms with van der Waals surface area (Å²) in [7, 11) is -3.50. The molecule has 2 aromatic carbocycles. The van der Waals surface area contributed by atoms with Crippen molar-refractivity contribution in [1.29, 1.82) is 0 Å². The smallest absolute Gasteiger partial charge is 0.232 e. The van der Waals surface area contributed by atoms with Crippen molar-refractivity contribution >= 4 is 45.0 Å². The minimum atomic E-state index is -3.50. The van der Waals surface area contributed by atoms with Crippen LogP contribution in [0, 0.1) is 0 Å². The SMILES string of the molecule is CS(=O)(=O)N(CCCC(=O)NCCSCc1ccc(Cl)cc1)c1ccc2c(c1)OCCO2. The van der Waals surface area contributed by atoms with Gasteiger partial charge in [-0.3, -0.25) is 9.10 Å². The first-order valence-electron chi connectivity index (χ1n) is 10.3. The van der Waals surface area contributed by atoms with E-state index in [-0.39, 0.29) is 18.9 Å².